The maximum atomic E-state index is 11.5. The first kappa shape index (κ1) is 20.1. The standard InChI is InChI=1S/C22H28O7/c1-6-7-21-10-16(26-4)19(23)22(27-5,20(21)24)17(12(21)2)13-8-14(25-3)18-15(9-13)28-11-29-18/h6,8-10,12,17,19-20,23-24H,1,7,11H2,2-5H3. The lowest BCUT2D eigenvalue weighted by atomic mass is 9.69. The second-order valence-electron chi connectivity index (χ2n) is 7.94. The Bertz CT molecular complexity index is 850. The van der Waals surface area contributed by atoms with Crippen molar-refractivity contribution in [3.05, 3.63) is 42.2 Å². The normalized spacial score (nSPS) is 37.2. The summed E-state index contributed by atoms with van der Waals surface area (Å²) in [5.74, 6) is 1.57. The summed E-state index contributed by atoms with van der Waals surface area (Å²) < 4.78 is 28.1. The third-order valence-electron chi connectivity index (χ3n) is 7.01. The Morgan fingerprint density at radius 1 is 1.21 bits per heavy atom. The zero-order chi connectivity index (χ0) is 21.0. The molecule has 1 aromatic rings. The van der Waals surface area contributed by atoms with Crippen LogP contribution in [0.25, 0.3) is 0 Å². The van der Waals surface area contributed by atoms with Gasteiger partial charge < -0.3 is 33.9 Å². The van der Waals surface area contributed by atoms with Gasteiger partial charge in [-0.15, -0.1) is 6.58 Å². The molecule has 1 fully saturated rings. The number of hydrogen-bond donors (Lipinski definition) is 2. The summed E-state index contributed by atoms with van der Waals surface area (Å²) in [6.45, 7) is 6.05. The summed E-state index contributed by atoms with van der Waals surface area (Å²) in [6, 6.07) is 3.74. The summed E-state index contributed by atoms with van der Waals surface area (Å²) >= 11 is 0. The molecule has 0 aromatic heterocycles. The smallest absolute Gasteiger partial charge is 0.231 e. The van der Waals surface area contributed by atoms with Crippen LogP contribution < -0.4 is 14.2 Å². The van der Waals surface area contributed by atoms with Crippen LogP contribution in [0.1, 0.15) is 24.8 Å². The number of fused-ring (bicyclic) bond motifs is 3. The quantitative estimate of drug-likeness (QED) is 0.704. The van der Waals surface area contributed by atoms with Gasteiger partial charge in [0, 0.05) is 18.4 Å². The maximum absolute atomic E-state index is 11.5. The molecular formula is C22H28O7. The van der Waals surface area contributed by atoms with Crippen molar-refractivity contribution in [2.45, 2.75) is 37.1 Å². The molecule has 6 unspecified atom stereocenters. The van der Waals surface area contributed by atoms with Crippen LogP contribution in [-0.4, -0.2) is 56.1 Å². The number of aliphatic hydroxyl groups is 2. The Labute approximate surface area is 170 Å². The van der Waals surface area contributed by atoms with Gasteiger partial charge in [-0.3, -0.25) is 0 Å². The van der Waals surface area contributed by atoms with E-state index in [1.165, 1.54) is 14.2 Å². The number of hydrogen-bond acceptors (Lipinski definition) is 7. The Kier molecular flexibility index (Phi) is 4.80. The molecule has 1 aliphatic heterocycles. The van der Waals surface area contributed by atoms with E-state index < -0.39 is 23.2 Å². The van der Waals surface area contributed by atoms with Gasteiger partial charge in [-0.1, -0.05) is 13.0 Å². The van der Waals surface area contributed by atoms with E-state index in [-0.39, 0.29) is 18.6 Å². The van der Waals surface area contributed by atoms with Crippen LogP contribution in [-0.2, 0) is 9.47 Å². The molecule has 2 bridgehead atoms. The fraction of sp³-hybridized carbons (Fsp3) is 0.545. The van der Waals surface area contributed by atoms with Gasteiger partial charge in [0.05, 0.1) is 20.3 Å². The molecule has 2 N–H and O–H groups in total. The van der Waals surface area contributed by atoms with Crippen LogP contribution in [0.4, 0.5) is 0 Å². The fourth-order valence-electron chi connectivity index (χ4n) is 5.64. The zero-order valence-corrected chi connectivity index (χ0v) is 17.2. The van der Waals surface area contributed by atoms with Crippen LogP contribution >= 0.6 is 0 Å². The van der Waals surface area contributed by atoms with Gasteiger partial charge in [0.1, 0.15) is 17.5 Å². The SMILES string of the molecule is C=CCC12C=C(OC)C(O)C(OC)(C(c3cc(OC)c4c(c3)OCO4)C1C)C2O. The van der Waals surface area contributed by atoms with E-state index in [1.807, 2.05) is 18.2 Å². The van der Waals surface area contributed by atoms with Crippen LogP contribution in [0.2, 0.25) is 0 Å². The summed E-state index contributed by atoms with van der Waals surface area (Å²) in [7, 11) is 4.59. The van der Waals surface area contributed by atoms with Crippen molar-refractivity contribution in [3.63, 3.8) is 0 Å². The number of ether oxygens (including phenoxy) is 5. The van der Waals surface area contributed by atoms with Crippen LogP contribution in [0.3, 0.4) is 0 Å². The molecule has 158 valence electrons. The van der Waals surface area contributed by atoms with Gasteiger partial charge in [0.25, 0.3) is 0 Å². The molecule has 4 rings (SSSR count). The summed E-state index contributed by atoms with van der Waals surface area (Å²) in [6.07, 6.45) is 2.03. The van der Waals surface area contributed by atoms with E-state index in [1.54, 1.807) is 13.2 Å². The van der Waals surface area contributed by atoms with Gasteiger partial charge >= 0.3 is 0 Å². The predicted molar refractivity (Wildman–Crippen MR) is 105 cm³/mol. The van der Waals surface area contributed by atoms with Crippen LogP contribution in [0.5, 0.6) is 17.2 Å². The third kappa shape index (κ3) is 2.41. The largest absolute Gasteiger partial charge is 0.499 e. The van der Waals surface area contributed by atoms with Gasteiger partial charge in [0.15, 0.2) is 11.5 Å². The molecular weight excluding hydrogens is 376 g/mol. The van der Waals surface area contributed by atoms with Crippen LogP contribution in [0.15, 0.2) is 36.6 Å². The molecule has 29 heavy (non-hydrogen) atoms. The van der Waals surface area contributed by atoms with Crippen molar-refractivity contribution in [3.8, 4) is 17.2 Å². The highest BCUT2D eigenvalue weighted by atomic mass is 16.7. The highest BCUT2D eigenvalue weighted by Gasteiger charge is 2.71. The second kappa shape index (κ2) is 6.93. The number of benzene rings is 1. The van der Waals surface area contributed by atoms with Gasteiger partial charge in [-0.2, -0.15) is 0 Å². The Morgan fingerprint density at radius 3 is 2.59 bits per heavy atom. The Hall–Kier alpha value is -2.22. The van der Waals surface area contributed by atoms with E-state index in [9.17, 15) is 10.2 Å². The van der Waals surface area contributed by atoms with Crippen molar-refractivity contribution in [1.82, 2.24) is 0 Å². The predicted octanol–water partition coefficient (Wildman–Crippen LogP) is 2.37. The fourth-order valence-corrected chi connectivity index (χ4v) is 5.64. The van der Waals surface area contributed by atoms with Gasteiger partial charge in [0.2, 0.25) is 12.5 Å². The maximum Gasteiger partial charge on any atom is 0.231 e. The Balaban J connectivity index is 1.94. The minimum atomic E-state index is -1.30. The topological polar surface area (TPSA) is 86.6 Å². The molecule has 1 saturated carbocycles. The lowest BCUT2D eigenvalue weighted by Gasteiger charge is -2.46. The molecule has 1 heterocycles. The highest BCUT2D eigenvalue weighted by Crippen LogP contribution is 2.65. The molecule has 0 radical (unpaired) electrons. The van der Waals surface area contributed by atoms with Crippen molar-refractivity contribution in [2.75, 3.05) is 28.1 Å². The first-order valence-electron chi connectivity index (χ1n) is 9.67. The zero-order valence-electron chi connectivity index (χ0n) is 17.2. The molecule has 2 aliphatic carbocycles. The molecule has 1 aromatic carbocycles. The monoisotopic (exact) mass is 404 g/mol. The highest BCUT2D eigenvalue weighted by molar-refractivity contribution is 5.57. The summed E-state index contributed by atoms with van der Waals surface area (Å²) in [5, 5.41) is 22.8. The molecule has 6 atom stereocenters. The average molecular weight is 404 g/mol. The lowest BCUT2D eigenvalue weighted by Crippen LogP contribution is -2.59. The molecule has 0 amide bonds. The lowest BCUT2D eigenvalue weighted by molar-refractivity contribution is -0.179. The number of allylic oxidation sites excluding steroid dienone is 1. The summed E-state index contributed by atoms with van der Waals surface area (Å²) in [4.78, 5) is 0. The van der Waals surface area contributed by atoms with E-state index in [0.29, 0.717) is 29.4 Å². The molecule has 0 spiro atoms. The number of rotatable bonds is 6. The average Bonchev–Trinajstić information content (AvgIpc) is 3.24. The van der Waals surface area contributed by atoms with Crippen LogP contribution in [0, 0.1) is 11.3 Å². The first-order valence-corrected chi connectivity index (χ1v) is 9.67. The molecule has 7 nitrogen and oxygen atoms in total. The van der Waals surface area contributed by atoms with E-state index >= 15 is 0 Å². The van der Waals surface area contributed by atoms with Crippen molar-refractivity contribution < 1.29 is 33.9 Å². The second-order valence-corrected chi connectivity index (χ2v) is 7.94. The molecule has 7 heteroatoms. The molecule has 0 saturated heterocycles. The van der Waals surface area contributed by atoms with Crippen molar-refractivity contribution in [1.29, 1.82) is 0 Å². The minimum absolute atomic E-state index is 0.108. The van der Waals surface area contributed by atoms with E-state index in [4.69, 9.17) is 23.7 Å². The minimum Gasteiger partial charge on any atom is -0.499 e. The van der Waals surface area contributed by atoms with Crippen molar-refractivity contribution >= 4 is 0 Å². The molecule has 3 aliphatic rings. The van der Waals surface area contributed by atoms with E-state index in [0.717, 1.165) is 5.56 Å². The number of methoxy groups -OCH3 is 3. The Morgan fingerprint density at radius 2 is 1.97 bits per heavy atom. The van der Waals surface area contributed by atoms with Crippen molar-refractivity contribution in [2.24, 2.45) is 11.3 Å². The number of aliphatic hydroxyl groups excluding tert-OH is 2. The first-order chi connectivity index (χ1) is 13.9. The summed E-state index contributed by atoms with van der Waals surface area (Å²) in [5.41, 5.74) is -1.17. The van der Waals surface area contributed by atoms with Gasteiger partial charge in [-0.25, -0.2) is 0 Å². The van der Waals surface area contributed by atoms with E-state index in [2.05, 4.69) is 13.5 Å². The van der Waals surface area contributed by atoms with Gasteiger partial charge in [-0.05, 0) is 36.1 Å². The third-order valence-corrected chi connectivity index (χ3v) is 7.01.